The summed E-state index contributed by atoms with van der Waals surface area (Å²) >= 11 is 1.84. The molecule has 0 N–H and O–H groups in total. The maximum absolute atomic E-state index is 12.7. The quantitative estimate of drug-likeness (QED) is 0.746. The summed E-state index contributed by atoms with van der Waals surface area (Å²) in [6.07, 6.45) is 11.7. The summed E-state index contributed by atoms with van der Waals surface area (Å²) in [6.45, 7) is 6.11. The van der Waals surface area contributed by atoms with Crippen LogP contribution in [0.25, 0.3) is 0 Å². The van der Waals surface area contributed by atoms with Gasteiger partial charge in [0, 0.05) is 24.3 Å². The minimum absolute atomic E-state index is 0.368. The second-order valence-electron chi connectivity index (χ2n) is 8.73. The van der Waals surface area contributed by atoms with Gasteiger partial charge in [-0.25, -0.2) is 9.56 Å². The molecule has 0 spiro atoms. The molecule has 0 aromatic carbocycles. The van der Waals surface area contributed by atoms with E-state index in [0.717, 1.165) is 39.0 Å². The fourth-order valence-corrected chi connectivity index (χ4v) is 6.69. The smallest absolute Gasteiger partial charge is 0.223 e. The largest absolute Gasteiger partial charge is 0.337 e. The van der Waals surface area contributed by atoms with Crippen LogP contribution < -0.4 is 4.90 Å². The first-order valence-corrected chi connectivity index (χ1v) is 11.7. The number of nitrogens with zero attached hydrogens (tertiary/aromatic N) is 4. The molecule has 2 unspecified atom stereocenters. The SMILES string of the molecule is CC[N+]1=CC2CCC(C1)N2c1nc2c(s1)CN(C(=O)CC1CCCC1)CC2. The molecular weight excluding hydrogens is 356 g/mol. The second kappa shape index (κ2) is 7.19. The highest BCUT2D eigenvalue weighted by molar-refractivity contribution is 7.15. The Balaban J connectivity index is 1.29. The number of anilines is 1. The molecule has 2 fully saturated rings. The van der Waals surface area contributed by atoms with Crippen LogP contribution in [-0.2, 0) is 17.8 Å². The maximum Gasteiger partial charge on any atom is 0.223 e. The van der Waals surface area contributed by atoms with Crippen molar-refractivity contribution in [1.82, 2.24) is 9.88 Å². The van der Waals surface area contributed by atoms with E-state index >= 15 is 0 Å². The molecule has 5 rings (SSSR count). The summed E-state index contributed by atoms with van der Waals surface area (Å²) in [5, 5.41) is 1.20. The van der Waals surface area contributed by atoms with Gasteiger partial charge in [0.05, 0.1) is 18.3 Å². The average molecular weight is 388 g/mol. The van der Waals surface area contributed by atoms with Crippen molar-refractivity contribution < 1.29 is 9.37 Å². The molecule has 2 atom stereocenters. The molecule has 2 bridgehead atoms. The fourth-order valence-electron chi connectivity index (χ4n) is 5.44. The van der Waals surface area contributed by atoms with Crippen molar-refractivity contribution in [2.24, 2.45) is 5.92 Å². The zero-order valence-corrected chi connectivity index (χ0v) is 17.2. The summed E-state index contributed by atoms with van der Waals surface area (Å²) in [7, 11) is 0. The molecule has 1 aromatic rings. The molecule has 3 aliphatic heterocycles. The number of aromatic nitrogens is 1. The lowest BCUT2D eigenvalue weighted by molar-refractivity contribution is -0.525. The number of rotatable bonds is 4. The lowest BCUT2D eigenvalue weighted by atomic mass is 10.0. The van der Waals surface area contributed by atoms with Gasteiger partial charge >= 0.3 is 0 Å². The Morgan fingerprint density at radius 3 is 2.93 bits per heavy atom. The van der Waals surface area contributed by atoms with Gasteiger partial charge in [-0.3, -0.25) is 4.79 Å². The first kappa shape index (κ1) is 17.7. The highest BCUT2D eigenvalue weighted by Crippen LogP contribution is 2.38. The van der Waals surface area contributed by atoms with Crippen molar-refractivity contribution in [2.45, 2.75) is 76.9 Å². The molecule has 6 heteroatoms. The number of hydrogen-bond acceptors (Lipinski definition) is 4. The Bertz CT molecular complexity index is 751. The average Bonchev–Trinajstić information content (AvgIpc) is 3.38. The van der Waals surface area contributed by atoms with E-state index in [4.69, 9.17) is 4.98 Å². The second-order valence-corrected chi connectivity index (χ2v) is 9.79. The van der Waals surface area contributed by atoms with E-state index in [1.807, 2.05) is 11.3 Å². The third-order valence-corrected chi connectivity index (χ3v) is 8.11. The number of hydrogen-bond donors (Lipinski definition) is 0. The molecule has 1 saturated heterocycles. The number of thiazole rings is 1. The standard InChI is InChI=1S/C21H31N4OS/c1-2-23-12-16-7-8-17(13-23)25(16)21-22-18-9-10-24(14-19(18)27-21)20(26)11-15-5-3-4-6-15/h12,15-17H,2-11,13-14H2,1H3/q+1. The van der Waals surface area contributed by atoms with Crippen molar-refractivity contribution in [3.05, 3.63) is 10.6 Å². The molecule has 1 aliphatic carbocycles. The van der Waals surface area contributed by atoms with E-state index < -0.39 is 0 Å². The lowest BCUT2D eigenvalue weighted by Crippen LogP contribution is -2.48. The van der Waals surface area contributed by atoms with Gasteiger partial charge in [0.1, 0.15) is 12.6 Å². The first-order valence-electron chi connectivity index (χ1n) is 10.8. The molecule has 0 radical (unpaired) electrons. The molecule has 1 saturated carbocycles. The van der Waals surface area contributed by atoms with Gasteiger partial charge in [0.25, 0.3) is 0 Å². The molecule has 5 nitrogen and oxygen atoms in total. The van der Waals surface area contributed by atoms with Crippen molar-refractivity contribution in [3.63, 3.8) is 0 Å². The number of amides is 1. The van der Waals surface area contributed by atoms with Gasteiger partial charge in [-0.05, 0) is 38.5 Å². The fraction of sp³-hybridized carbons (Fsp3) is 0.762. The summed E-state index contributed by atoms with van der Waals surface area (Å²) in [4.78, 5) is 23.8. The van der Waals surface area contributed by atoms with Crippen LogP contribution in [-0.4, -0.2) is 58.3 Å². The molecule has 27 heavy (non-hydrogen) atoms. The van der Waals surface area contributed by atoms with E-state index in [0.29, 0.717) is 23.9 Å². The monoisotopic (exact) mass is 387 g/mol. The summed E-state index contributed by atoms with van der Waals surface area (Å²) < 4.78 is 2.47. The van der Waals surface area contributed by atoms with Crippen LogP contribution in [0.15, 0.2) is 0 Å². The molecule has 4 heterocycles. The van der Waals surface area contributed by atoms with Gasteiger partial charge in [-0.2, -0.15) is 0 Å². The topological polar surface area (TPSA) is 39.5 Å². The Kier molecular flexibility index (Phi) is 4.70. The molecule has 146 valence electrons. The number of carbonyl (C=O) groups is 1. The van der Waals surface area contributed by atoms with Gasteiger partial charge in [0.2, 0.25) is 5.91 Å². The Labute approximate surface area is 166 Å². The van der Waals surface area contributed by atoms with Gasteiger partial charge in [-0.1, -0.05) is 24.2 Å². The zero-order valence-electron chi connectivity index (χ0n) is 16.4. The van der Waals surface area contributed by atoms with Crippen LogP contribution in [0.2, 0.25) is 0 Å². The molecule has 1 aromatic heterocycles. The third kappa shape index (κ3) is 3.30. The van der Waals surface area contributed by atoms with E-state index in [-0.39, 0.29) is 0 Å². The van der Waals surface area contributed by atoms with Crippen molar-refractivity contribution in [3.8, 4) is 0 Å². The highest BCUT2D eigenvalue weighted by Gasteiger charge is 2.42. The molecule has 4 aliphatic rings. The number of likely N-dealkylation sites (N-methyl/N-ethyl adjacent to an activating group) is 1. The maximum atomic E-state index is 12.7. The molecule has 1 amide bonds. The van der Waals surface area contributed by atoms with Crippen molar-refractivity contribution >= 4 is 28.6 Å². The van der Waals surface area contributed by atoms with Gasteiger partial charge in [0.15, 0.2) is 17.9 Å². The Hall–Kier alpha value is -1.43. The van der Waals surface area contributed by atoms with E-state index in [2.05, 4.69) is 27.5 Å². The summed E-state index contributed by atoms with van der Waals surface area (Å²) in [5.74, 6) is 1.00. The van der Waals surface area contributed by atoms with E-state index in [1.165, 1.54) is 54.2 Å². The van der Waals surface area contributed by atoms with Crippen molar-refractivity contribution in [1.29, 1.82) is 0 Å². The number of fused-ring (bicyclic) bond motifs is 3. The lowest BCUT2D eigenvalue weighted by Gasteiger charge is -2.29. The van der Waals surface area contributed by atoms with Crippen LogP contribution >= 0.6 is 11.3 Å². The highest BCUT2D eigenvalue weighted by atomic mass is 32.1. The zero-order chi connectivity index (χ0) is 18.4. The predicted molar refractivity (Wildman–Crippen MR) is 109 cm³/mol. The summed E-state index contributed by atoms with van der Waals surface area (Å²) in [5.41, 5.74) is 1.25. The Morgan fingerprint density at radius 2 is 2.15 bits per heavy atom. The van der Waals surface area contributed by atoms with Crippen LogP contribution in [0.5, 0.6) is 0 Å². The normalized spacial score (nSPS) is 27.8. The van der Waals surface area contributed by atoms with Crippen LogP contribution in [0.4, 0.5) is 5.13 Å². The minimum Gasteiger partial charge on any atom is -0.337 e. The van der Waals surface area contributed by atoms with Gasteiger partial charge < -0.3 is 9.80 Å². The van der Waals surface area contributed by atoms with Crippen LogP contribution in [0.3, 0.4) is 0 Å². The number of carbonyl (C=O) groups excluding carboxylic acids is 1. The van der Waals surface area contributed by atoms with Crippen LogP contribution in [0.1, 0.15) is 62.4 Å². The van der Waals surface area contributed by atoms with Gasteiger partial charge in [-0.15, -0.1) is 0 Å². The van der Waals surface area contributed by atoms with E-state index in [1.54, 1.807) is 0 Å². The van der Waals surface area contributed by atoms with Crippen LogP contribution in [0, 0.1) is 5.92 Å². The summed E-state index contributed by atoms with van der Waals surface area (Å²) in [6, 6.07) is 1.11. The predicted octanol–water partition coefficient (Wildman–Crippen LogP) is 3.06. The Morgan fingerprint density at radius 1 is 1.30 bits per heavy atom. The van der Waals surface area contributed by atoms with Crippen molar-refractivity contribution in [2.75, 3.05) is 24.5 Å². The van der Waals surface area contributed by atoms with E-state index in [9.17, 15) is 4.79 Å². The first-order chi connectivity index (χ1) is 13.2. The minimum atomic E-state index is 0.368. The molecular formula is C21H31N4OS+. The third-order valence-electron chi connectivity index (χ3n) is 7.01.